The predicted octanol–water partition coefficient (Wildman–Crippen LogP) is 1.98. The van der Waals surface area contributed by atoms with Gasteiger partial charge in [-0.25, -0.2) is 0 Å². The second-order valence-corrected chi connectivity index (χ2v) is 5.99. The summed E-state index contributed by atoms with van der Waals surface area (Å²) in [6.07, 6.45) is 0.916. The van der Waals surface area contributed by atoms with E-state index in [4.69, 9.17) is 10.5 Å². The van der Waals surface area contributed by atoms with E-state index in [1.807, 2.05) is 14.1 Å². The number of rotatable bonds is 7. The minimum absolute atomic E-state index is 0.0804. The highest BCUT2D eigenvalue weighted by molar-refractivity contribution is 6.02. The van der Waals surface area contributed by atoms with Crippen LogP contribution in [0.3, 0.4) is 0 Å². The Morgan fingerprint density at radius 1 is 1.38 bits per heavy atom. The molecule has 0 aliphatic rings. The van der Waals surface area contributed by atoms with Crippen molar-refractivity contribution in [2.45, 2.75) is 26.3 Å². The number of amides is 1. The molecule has 0 saturated carbocycles. The van der Waals surface area contributed by atoms with Gasteiger partial charge in [-0.3, -0.25) is 4.79 Å². The molecule has 21 heavy (non-hydrogen) atoms. The fraction of sp³-hybridized carbons (Fsp3) is 0.562. The summed E-state index contributed by atoms with van der Waals surface area (Å²) < 4.78 is 5.24. The third-order valence-electron chi connectivity index (χ3n) is 3.18. The number of benzene rings is 1. The highest BCUT2D eigenvalue weighted by Gasteiger charge is 2.20. The van der Waals surface area contributed by atoms with Crippen molar-refractivity contribution >= 4 is 11.6 Å². The number of anilines is 1. The van der Waals surface area contributed by atoms with Gasteiger partial charge >= 0.3 is 0 Å². The maximum Gasteiger partial charge on any atom is 0.257 e. The van der Waals surface area contributed by atoms with Gasteiger partial charge in [0.2, 0.25) is 0 Å². The van der Waals surface area contributed by atoms with E-state index >= 15 is 0 Å². The summed E-state index contributed by atoms with van der Waals surface area (Å²) in [7, 11) is 5.53. The van der Waals surface area contributed by atoms with Gasteiger partial charge in [-0.05, 0) is 38.6 Å². The van der Waals surface area contributed by atoms with Gasteiger partial charge in [0.25, 0.3) is 5.91 Å². The fourth-order valence-corrected chi connectivity index (χ4v) is 2.41. The Hall–Kier alpha value is -1.75. The van der Waals surface area contributed by atoms with Crippen molar-refractivity contribution in [2.24, 2.45) is 5.92 Å². The average molecular weight is 293 g/mol. The van der Waals surface area contributed by atoms with E-state index in [2.05, 4.69) is 24.1 Å². The number of nitrogen functional groups attached to an aromatic ring is 1. The third-order valence-corrected chi connectivity index (χ3v) is 3.18. The SMILES string of the molecule is COc1cccc(N)c1C(=O)NC(CC(C)C)CN(C)C. The first-order valence-electron chi connectivity index (χ1n) is 7.23. The molecule has 0 spiro atoms. The van der Waals surface area contributed by atoms with Crippen LogP contribution in [0.1, 0.15) is 30.6 Å². The lowest BCUT2D eigenvalue weighted by Gasteiger charge is -2.24. The number of nitrogens with two attached hydrogens (primary N) is 1. The maximum atomic E-state index is 12.5. The number of hydrogen-bond acceptors (Lipinski definition) is 4. The summed E-state index contributed by atoms with van der Waals surface area (Å²) in [5.41, 5.74) is 6.77. The molecule has 0 radical (unpaired) electrons. The monoisotopic (exact) mass is 293 g/mol. The number of nitrogens with one attached hydrogen (secondary N) is 1. The van der Waals surface area contributed by atoms with Crippen molar-refractivity contribution in [3.05, 3.63) is 23.8 Å². The molecule has 1 aromatic carbocycles. The largest absolute Gasteiger partial charge is 0.496 e. The van der Waals surface area contributed by atoms with E-state index in [0.717, 1.165) is 13.0 Å². The molecular weight excluding hydrogens is 266 g/mol. The molecule has 5 heteroatoms. The molecule has 0 aliphatic carbocycles. The lowest BCUT2D eigenvalue weighted by molar-refractivity contribution is 0.0922. The predicted molar refractivity (Wildman–Crippen MR) is 86.7 cm³/mol. The molecule has 1 aromatic rings. The van der Waals surface area contributed by atoms with Crippen molar-refractivity contribution in [1.82, 2.24) is 10.2 Å². The number of likely N-dealkylation sites (N-methyl/N-ethyl adjacent to an activating group) is 1. The topological polar surface area (TPSA) is 67.6 Å². The van der Waals surface area contributed by atoms with E-state index in [9.17, 15) is 4.79 Å². The van der Waals surface area contributed by atoms with Crippen LogP contribution in [0.2, 0.25) is 0 Å². The van der Waals surface area contributed by atoms with Crippen LogP contribution in [0.25, 0.3) is 0 Å². The second-order valence-electron chi connectivity index (χ2n) is 5.99. The van der Waals surface area contributed by atoms with Gasteiger partial charge in [0.15, 0.2) is 0 Å². The number of carbonyl (C=O) groups excluding carboxylic acids is 1. The van der Waals surface area contributed by atoms with Crippen LogP contribution in [0.15, 0.2) is 18.2 Å². The number of ether oxygens (including phenoxy) is 1. The zero-order valence-corrected chi connectivity index (χ0v) is 13.6. The summed E-state index contributed by atoms with van der Waals surface area (Å²) in [4.78, 5) is 14.6. The van der Waals surface area contributed by atoms with E-state index < -0.39 is 0 Å². The molecule has 0 fully saturated rings. The van der Waals surface area contributed by atoms with Gasteiger partial charge in [0.1, 0.15) is 11.3 Å². The van der Waals surface area contributed by atoms with Gasteiger partial charge in [-0.15, -0.1) is 0 Å². The summed E-state index contributed by atoms with van der Waals surface area (Å²) in [5, 5.41) is 3.07. The van der Waals surface area contributed by atoms with E-state index in [-0.39, 0.29) is 11.9 Å². The van der Waals surface area contributed by atoms with Gasteiger partial charge in [0, 0.05) is 18.3 Å². The Morgan fingerprint density at radius 3 is 2.57 bits per heavy atom. The molecular formula is C16H27N3O2. The summed E-state index contributed by atoms with van der Waals surface area (Å²) in [5.74, 6) is 0.823. The fourth-order valence-electron chi connectivity index (χ4n) is 2.41. The normalized spacial score (nSPS) is 12.5. The Bertz CT molecular complexity index is 463. The van der Waals surface area contributed by atoms with Crippen LogP contribution >= 0.6 is 0 Å². The molecule has 1 unspecified atom stereocenters. The molecule has 0 aliphatic heterocycles. The van der Waals surface area contributed by atoms with Crippen molar-refractivity contribution in [2.75, 3.05) is 33.5 Å². The summed E-state index contributed by atoms with van der Waals surface area (Å²) in [6.45, 7) is 5.08. The van der Waals surface area contributed by atoms with E-state index in [1.54, 1.807) is 18.2 Å². The molecule has 5 nitrogen and oxygen atoms in total. The lowest BCUT2D eigenvalue weighted by Crippen LogP contribution is -2.42. The lowest BCUT2D eigenvalue weighted by atomic mass is 10.0. The van der Waals surface area contributed by atoms with Crippen LogP contribution in [0, 0.1) is 5.92 Å². The number of nitrogens with zero attached hydrogens (tertiary/aromatic N) is 1. The Morgan fingerprint density at radius 2 is 2.05 bits per heavy atom. The zero-order valence-electron chi connectivity index (χ0n) is 13.6. The van der Waals surface area contributed by atoms with Crippen molar-refractivity contribution in [1.29, 1.82) is 0 Å². The van der Waals surface area contributed by atoms with E-state index in [1.165, 1.54) is 7.11 Å². The number of methoxy groups -OCH3 is 1. The highest BCUT2D eigenvalue weighted by Crippen LogP contribution is 2.24. The van der Waals surface area contributed by atoms with Crippen LogP contribution in [0.5, 0.6) is 5.75 Å². The van der Waals surface area contributed by atoms with Crippen molar-refractivity contribution in [3.63, 3.8) is 0 Å². The van der Waals surface area contributed by atoms with Crippen LogP contribution in [-0.2, 0) is 0 Å². The molecule has 0 heterocycles. The first kappa shape index (κ1) is 17.3. The first-order chi connectivity index (χ1) is 9.85. The highest BCUT2D eigenvalue weighted by atomic mass is 16.5. The first-order valence-corrected chi connectivity index (χ1v) is 7.23. The molecule has 1 atom stereocenters. The van der Waals surface area contributed by atoms with Crippen LogP contribution in [-0.4, -0.2) is 44.6 Å². The van der Waals surface area contributed by atoms with Gasteiger partial charge < -0.3 is 20.7 Å². The standard InChI is InChI=1S/C16H27N3O2/c1-11(2)9-12(10-19(3)4)18-16(20)15-13(17)7-6-8-14(15)21-5/h6-8,11-12H,9-10,17H2,1-5H3,(H,18,20). The number of carbonyl (C=O) groups is 1. The average Bonchev–Trinajstić information content (AvgIpc) is 2.36. The molecule has 1 amide bonds. The Labute approximate surface area is 127 Å². The van der Waals surface area contributed by atoms with Crippen molar-refractivity contribution in [3.8, 4) is 5.75 Å². The summed E-state index contributed by atoms with van der Waals surface area (Å²) >= 11 is 0. The Balaban J connectivity index is 2.91. The van der Waals surface area contributed by atoms with Crippen LogP contribution in [0.4, 0.5) is 5.69 Å². The molecule has 0 bridgehead atoms. The van der Waals surface area contributed by atoms with Crippen molar-refractivity contribution < 1.29 is 9.53 Å². The Kier molecular flexibility index (Phi) is 6.49. The summed E-state index contributed by atoms with van der Waals surface area (Å²) in [6, 6.07) is 5.31. The number of hydrogen-bond donors (Lipinski definition) is 2. The van der Waals surface area contributed by atoms with Crippen LogP contribution < -0.4 is 15.8 Å². The third kappa shape index (κ3) is 5.27. The molecule has 0 aromatic heterocycles. The smallest absolute Gasteiger partial charge is 0.257 e. The van der Waals surface area contributed by atoms with Gasteiger partial charge in [-0.1, -0.05) is 19.9 Å². The minimum Gasteiger partial charge on any atom is -0.496 e. The van der Waals surface area contributed by atoms with E-state index in [0.29, 0.717) is 22.9 Å². The molecule has 0 saturated heterocycles. The quantitative estimate of drug-likeness (QED) is 0.754. The zero-order chi connectivity index (χ0) is 16.0. The molecule has 3 N–H and O–H groups in total. The maximum absolute atomic E-state index is 12.5. The van der Waals surface area contributed by atoms with Gasteiger partial charge in [0.05, 0.1) is 7.11 Å². The molecule has 1 rings (SSSR count). The minimum atomic E-state index is -0.183. The van der Waals surface area contributed by atoms with Gasteiger partial charge in [-0.2, -0.15) is 0 Å². The molecule has 118 valence electrons. The second kappa shape index (κ2) is 7.88.